The van der Waals surface area contributed by atoms with Gasteiger partial charge in [-0.05, 0) is 36.6 Å². The lowest BCUT2D eigenvalue weighted by molar-refractivity contribution is -0.120. The number of carbonyl (C=O) groups is 1. The van der Waals surface area contributed by atoms with E-state index in [1.165, 1.54) is 0 Å². The quantitative estimate of drug-likeness (QED) is 0.704. The summed E-state index contributed by atoms with van der Waals surface area (Å²) in [5, 5.41) is 23.6. The van der Waals surface area contributed by atoms with Crippen molar-refractivity contribution in [1.82, 2.24) is 5.32 Å². The van der Waals surface area contributed by atoms with E-state index in [0.717, 1.165) is 5.69 Å². The highest BCUT2D eigenvalue weighted by Crippen LogP contribution is 2.09. The summed E-state index contributed by atoms with van der Waals surface area (Å²) in [6.45, 7) is 4.25. The predicted octanol–water partition coefficient (Wildman–Crippen LogP) is 1.49. The van der Waals surface area contributed by atoms with Crippen LogP contribution >= 0.6 is 0 Å². The molecule has 0 saturated carbocycles. The Hall–Kier alpha value is -2.06. The van der Waals surface area contributed by atoms with Crippen LogP contribution in [0.15, 0.2) is 24.3 Å². The summed E-state index contributed by atoms with van der Waals surface area (Å²) in [7, 11) is 0. The average molecular weight is 275 g/mol. The third-order valence-electron chi connectivity index (χ3n) is 3.06. The molecule has 1 atom stereocenters. The maximum Gasteiger partial charge on any atom is 0.239 e. The van der Waals surface area contributed by atoms with Gasteiger partial charge in [0, 0.05) is 18.3 Å². The zero-order valence-corrected chi connectivity index (χ0v) is 11.9. The van der Waals surface area contributed by atoms with E-state index in [-0.39, 0.29) is 31.0 Å². The van der Waals surface area contributed by atoms with Crippen molar-refractivity contribution in [1.29, 1.82) is 5.26 Å². The van der Waals surface area contributed by atoms with Gasteiger partial charge in [0.25, 0.3) is 0 Å². The summed E-state index contributed by atoms with van der Waals surface area (Å²) in [4.78, 5) is 11.8. The molecular formula is C15H21N3O2. The van der Waals surface area contributed by atoms with E-state index in [4.69, 9.17) is 10.4 Å². The first-order chi connectivity index (χ1) is 9.56. The van der Waals surface area contributed by atoms with Gasteiger partial charge in [0.2, 0.25) is 5.91 Å². The molecule has 0 fully saturated rings. The van der Waals surface area contributed by atoms with E-state index < -0.39 is 0 Å². The summed E-state index contributed by atoms with van der Waals surface area (Å²) in [5.74, 6) is 0.169. The van der Waals surface area contributed by atoms with Gasteiger partial charge in [-0.15, -0.1) is 0 Å². The van der Waals surface area contributed by atoms with Gasteiger partial charge in [-0.1, -0.05) is 13.8 Å². The van der Waals surface area contributed by atoms with Crippen molar-refractivity contribution in [2.45, 2.75) is 26.3 Å². The fourth-order valence-electron chi connectivity index (χ4n) is 1.81. The number of hydrogen-bond donors (Lipinski definition) is 3. The van der Waals surface area contributed by atoms with Crippen LogP contribution in [0, 0.1) is 17.2 Å². The minimum Gasteiger partial charge on any atom is -0.396 e. The largest absolute Gasteiger partial charge is 0.396 e. The molecule has 5 nitrogen and oxygen atoms in total. The van der Waals surface area contributed by atoms with Crippen molar-refractivity contribution < 1.29 is 9.90 Å². The minimum atomic E-state index is -0.110. The molecule has 20 heavy (non-hydrogen) atoms. The molecule has 0 heterocycles. The van der Waals surface area contributed by atoms with Gasteiger partial charge in [-0.25, -0.2) is 0 Å². The molecule has 1 aromatic rings. The molecule has 108 valence electrons. The Morgan fingerprint density at radius 1 is 1.35 bits per heavy atom. The Morgan fingerprint density at radius 3 is 2.50 bits per heavy atom. The van der Waals surface area contributed by atoms with Crippen LogP contribution in [0.1, 0.15) is 25.8 Å². The van der Waals surface area contributed by atoms with Crippen LogP contribution in [0.3, 0.4) is 0 Å². The van der Waals surface area contributed by atoms with E-state index in [0.29, 0.717) is 12.0 Å². The first-order valence-corrected chi connectivity index (χ1v) is 6.71. The second kappa shape index (κ2) is 8.18. The Balaban J connectivity index is 2.44. The van der Waals surface area contributed by atoms with Crippen molar-refractivity contribution in [2.24, 2.45) is 5.92 Å². The van der Waals surface area contributed by atoms with Crippen LogP contribution in [0.25, 0.3) is 0 Å². The van der Waals surface area contributed by atoms with E-state index in [9.17, 15) is 4.79 Å². The van der Waals surface area contributed by atoms with Gasteiger partial charge in [-0.3, -0.25) is 4.79 Å². The highest BCUT2D eigenvalue weighted by Gasteiger charge is 2.15. The molecule has 0 aromatic heterocycles. The number of nitriles is 1. The molecule has 1 rings (SSSR count). The maximum atomic E-state index is 11.8. The molecule has 0 radical (unpaired) electrons. The van der Waals surface area contributed by atoms with Crippen molar-refractivity contribution in [3.63, 3.8) is 0 Å². The van der Waals surface area contributed by atoms with E-state index in [2.05, 4.69) is 10.6 Å². The molecule has 0 aliphatic heterocycles. The Bertz CT molecular complexity index is 463. The Kier molecular flexibility index (Phi) is 6.54. The van der Waals surface area contributed by atoms with Crippen LogP contribution in [-0.4, -0.2) is 30.2 Å². The van der Waals surface area contributed by atoms with Gasteiger partial charge in [0.15, 0.2) is 0 Å². The van der Waals surface area contributed by atoms with E-state index in [1.54, 1.807) is 24.3 Å². The molecular weight excluding hydrogens is 254 g/mol. The third kappa shape index (κ3) is 5.29. The Labute approximate surface area is 119 Å². The van der Waals surface area contributed by atoms with Gasteiger partial charge < -0.3 is 15.7 Å². The standard InChI is InChI=1S/C15H21N3O2/c1-11(2)14(7-8-19)18-15(20)10-17-13-5-3-12(9-16)4-6-13/h3-6,11,14,17,19H,7-8,10H2,1-2H3,(H,18,20). The van der Waals surface area contributed by atoms with Crippen LogP contribution in [0.5, 0.6) is 0 Å². The van der Waals surface area contributed by atoms with Crippen molar-refractivity contribution in [3.8, 4) is 6.07 Å². The summed E-state index contributed by atoms with van der Waals surface area (Å²) in [5.41, 5.74) is 1.38. The molecule has 3 N–H and O–H groups in total. The molecule has 0 saturated heterocycles. The molecule has 1 aromatic carbocycles. The molecule has 5 heteroatoms. The lowest BCUT2D eigenvalue weighted by Crippen LogP contribution is -2.41. The number of aliphatic hydroxyl groups excluding tert-OH is 1. The highest BCUT2D eigenvalue weighted by molar-refractivity contribution is 5.81. The molecule has 1 amide bonds. The first kappa shape index (κ1) is 16.0. The molecule has 0 aliphatic rings. The number of hydrogen-bond acceptors (Lipinski definition) is 4. The smallest absolute Gasteiger partial charge is 0.239 e. The van der Waals surface area contributed by atoms with E-state index >= 15 is 0 Å². The monoisotopic (exact) mass is 275 g/mol. The second-order valence-corrected chi connectivity index (χ2v) is 4.97. The van der Waals surface area contributed by atoms with Gasteiger partial charge in [0.05, 0.1) is 18.2 Å². The second-order valence-electron chi connectivity index (χ2n) is 4.97. The lowest BCUT2D eigenvalue weighted by atomic mass is 10.0. The number of rotatable bonds is 7. The molecule has 0 aliphatic carbocycles. The number of carbonyl (C=O) groups excluding carboxylic acids is 1. The zero-order valence-electron chi connectivity index (χ0n) is 11.9. The predicted molar refractivity (Wildman–Crippen MR) is 78.1 cm³/mol. The summed E-state index contributed by atoms with van der Waals surface area (Å²) < 4.78 is 0. The van der Waals surface area contributed by atoms with Crippen molar-refractivity contribution >= 4 is 11.6 Å². The summed E-state index contributed by atoms with van der Waals surface area (Å²) >= 11 is 0. The Morgan fingerprint density at radius 2 is 2.00 bits per heavy atom. The number of nitrogens with one attached hydrogen (secondary N) is 2. The highest BCUT2D eigenvalue weighted by atomic mass is 16.3. The van der Waals surface area contributed by atoms with Crippen molar-refractivity contribution in [2.75, 3.05) is 18.5 Å². The van der Waals surface area contributed by atoms with Gasteiger partial charge in [-0.2, -0.15) is 5.26 Å². The zero-order chi connectivity index (χ0) is 15.0. The number of benzene rings is 1. The van der Waals surface area contributed by atoms with Gasteiger partial charge >= 0.3 is 0 Å². The molecule has 1 unspecified atom stereocenters. The van der Waals surface area contributed by atoms with Crippen molar-refractivity contribution in [3.05, 3.63) is 29.8 Å². The summed E-state index contributed by atoms with van der Waals surface area (Å²) in [6.07, 6.45) is 0.556. The lowest BCUT2D eigenvalue weighted by Gasteiger charge is -2.21. The van der Waals surface area contributed by atoms with Crippen LogP contribution in [-0.2, 0) is 4.79 Å². The number of aliphatic hydroxyl groups is 1. The first-order valence-electron chi connectivity index (χ1n) is 6.71. The fraction of sp³-hybridized carbons (Fsp3) is 0.467. The third-order valence-corrected chi connectivity index (χ3v) is 3.06. The normalized spacial score (nSPS) is 11.8. The van der Waals surface area contributed by atoms with Gasteiger partial charge in [0.1, 0.15) is 0 Å². The van der Waals surface area contributed by atoms with Crippen LogP contribution < -0.4 is 10.6 Å². The number of amides is 1. The van der Waals surface area contributed by atoms with Crippen LogP contribution in [0.4, 0.5) is 5.69 Å². The number of nitrogens with zero attached hydrogens (tertiary/aromatic N) is 1. The molecule has 0 spiro atoms. The topological polar surface area (TPSA) is 85.2 Å². The average Bonchev–Trinajstić information content (AvgIpc) is 2.45. The fourth-order valence-corrected chi connectivity index (χ4v) is 1.81. The minimum absolute atomic E-state index is 0.0183. The maximum absolute atomic E-state index is 11.8. The number of anilines is 1. The van der Waals surface area contributed by atoms with Crippen LogP contribution in [0.2, 0.25) is 0 Å². The summed E-state index contributed by atoms with van der Waals surface area (Å²) in [6, 6.07) is 8.94. The molecule has 0 bridgehead atoms. The SMILES string of the molecule is CC(C)C(CCO)NC(=O)CNc1ccc(C#N)cc1. The van der Waals surface area contributed by atoms with E-state index in [1.807, 2.05) is 19.9 Å².